The summed E-state index contributed by atoms with van der Waals surface area (Å²) in [7, 11) is 0. The quantitative estimate of drug-likeness (QED) is 0.573. The summed E-state index contributed by atoms with van der Waals surface area (Å²) in [5.74, 6) is 0. The van der Waals surface area contributed by atoms with Crippen molar-refractivity contribution in [3.8, 4) is 16.9 Å². The van der Waals surface area contributed by atoms with Crippen molar-refractivity contribution in [3.05, 3.63) is 107 Å². The molecule has 4 aromatic rings. The van der Waals surface area contributed by atoms with Crippen LogP contribution < -0.4 is 5.56 Å². The molecule has 0 atom stereocenters. The second kappa shape index (κ2) is 6.61. The molecule has 0 spiro atoms. The first kappa shape index (κ1) is 15.1. The fourth-order valence-electron chi connectivity index (χ4n) is 2.85. The van der Waals surface area contributed by atoms with E-state index in [4.69, 9.17) is 5.10 Å². The first-order valence-electron chi connectivity index (χ1n) is 8.16. The van der Waals surface area contributed by atoms with Crippen molar-refractivity contribution in [3.63, 3.8) is 0 Å². The molecular formula is C21H17N3O. The van der Waals surface area contributed by atoms with E-state index in [0.717, 1.165) is 22.5 Å². The predicted molar refractivity (Wildman–Crippen MR) is 98.8 cm³/mol. The minimum Gasteiger partial charge on any atom is -0.311 e. The summed E-state index contributed by atoms with van der Waals surface area (Å²) in [5, 5.41) is 4.78. The highest BCUT2D eigenvalue weighted by Gasteiger charge is 2.13. The lowest BCUT2D eigenvalue weighted by Crippen LogP contribution is -2.18. The molecule has 0 saturated carbocycles. The van der Waals surface area contributed by atoms with Crippen molar-refractivity contribution in [2.75, 3.05) is 0 Å². The second-order valence-corrected chi connectivity index (χ2v) is 5.82. The molecule has 0 aliphatic rings. The molecule has 0 fully saturated rings. The third-order valence-corrected chi connectivity index (χ3v) is 4.10. The van der Waals surface area contributed by atoms with Crippen LogP contribution in [0, 0.1) is 0 Å². The van der Waals surface area contributed by atoms with Gasteiger partial charge < -0.3 is 4.57 Å². The molecular weight excluding hydrogens is 310 g/mol. The van der Waals surface area contributed by atoms with Gasteiger partial charge in [-0.3, -0.25) is 4.79 Å². The van der Waals surface area contributed by atoms with Crippen molar-refractivity contribution in [1.29, 1.82) is 0 Å². The van der Waals surface area contributed by atoms with E-state index in [1.54, 1.807) is 22.9 Å². The molecule has 0 amide bonds. The molecule has 2 aromatic carbocycles. The van der Waals surface area contributed by atoms with Gasteiger partial charge in [-0.1, -0.05) is 54.6 Å². The van der Waals surface area contributed by atoms with E-state index in [0.29, 0.717) is 6.54 Å². The van der Waals surface area contributed by atoms with Gasteiger partial charge >= 0.3 is 0 Å². The molecule has 4 heteroatoms. The molecule has 4 rings (SSSR count). The van der Waals surface area contributed by atoms with Crippen LogP contribution >= 0.6 is 0 Å². The monoisotopic (exact) mass is 327 g/mol. The lowest BCUT2D eigenvalue weighted by atomic mass is 10.1. The van der Waals surface area contributed by atoms with Crippen LogP contribution in [-0.4, -0.2) is 14.3 Å². The Labute approximate surface area is 145 Å². The molecule has 0 N–H and O–H groups in total. The Bertz CT molecular complexity index is 1030. The van der Waals surface area contributed by atoms with Gasteiger partial charge in [0.05, 0.1) is 17.9 Å². The Balaban J connectivity index is 1.83. The van der Waals surface area contributed by atoms with Crippen molar-refractivity contribution in [1.82, 2.24) is 14.3 Å². The van der Waals surface area contributed by atoms with Gasteiger partial charge in [0.15, 0.2) is 0 Å². The third-order valence-electron chi connectivity index (χ3n) is 4.10. The maximum Gasteiger partial charge on any atom is 0.250 e. The average Bonchev–Trinajstić information content (AvgIpc) is 3.09. The molecule has 0 aliphatic heterocycles. The number of pyridine rings is 1. The molecule has 4 nitrogen and oxygen atoms in total. The topological polar surface area (TPSA) is 39.8 Å². The Kier molecular flexibility index (Phi) is 4.01. The first-order valence-corrected chi connectivity index (χ1v) is 8.16. The van der Waals surface area contributed by atoms with Crippen LogP contribution in [-0.2, 0) is 6.54 Å². The number of benzene rings is 2. The Morgan fingerprint density at radius 2 is 1.48 bits per heavy atom. The van der Waals surface area contributed by atoms with Crippen LogP contribution in [0.15, 0.2) is 96.1 Å². The normalized spacial score (nSPS) is 10.7. The summed E-state index contributed by atoms with van der Waals surface area (Å²) in [5.41, 5.74) is 3.90. The van der Waals surface area contributed by atoms with E-state index in [1.165, 1.54) is 0 Å². The molecule has 0 bridgehead atoms. The predicted octanol–water partition coefficient (Wildman–Crippen LogP) is 3.75. The lowest BCUT2D eigenvalue weighted by Gasteiger charge is -2.05. The van der Waals surface area contributed by atoms with Crippen LogP contribution in [0.4, 0.5) is 0 Å². The van der Waals surface area contributed by atoms with Gasteiger partial charge in [-0.25, -0.2) is 4.68 Å². The average molecular weight is 327 g/mol. The Morgan fingerprint density at radius 1 is 0.800 bits per heavy atom. The smallest absolute Gasteiger partial charge is 0.250 e. The molecule has 122 valence electrons. The number of hydrogen-bond acceptors (Lipinski definition) is 2. The van der Waals surface area contributed by atoms with Crippen LogP contribution in [0.5, 0.6) is 0 Å². The van der Waals surface area contributed by atoms with E-state index in [9.17, 15) is 4.79 Å². The van der Waals surface area contributed by atoms with Gasteiger partial charge in [-0.05, 0) is 18.2 Å². The van der Waals surface area contributed by atoms with E-state index < -0.39 is 0 Å². The number of para-hydroxylation sites is 1. The Hall–Kier alpha value is -3.40. The lowest BCUT2D eigenvalue weighted by molar-refractivity contribution is 0.760. The summed E-state index contributed by atoms with van der Waals surface area (Å²) in [4.78, 5) is 12.1. The standard InChI is InChI=1S/C21H17N3O/c25-20-13-7-8-14-23(20)15-18-16-24(19-11-5-2-6-12-19)22-21(18)17-9-3-1-4-10-17/h1-14,16H,15H2. The van der Waals surface area contributed by atoms with Gasteiger partial charge in [0.2, 0.25) is 0 Å². The molecule has 0 aliphatic carbocycles. The van der Waals surface area contributed by atoms with Crippen LogP contribution in [0.2, 0.25) is 0 Å². The number of rotatable bonds is 4. The minimum absolute atomic E-state index is 0.0195. The summed E-state index contributed by atoms with van der Waals surface area (Å²) >= 11 is 0. The van der Waals surface area contributed by atoms with Crippen molar-refractivity contribution in [2.45, 2.75) is 6.54 Å². The van der Waals surface area contributed by atoms with Gasteiger partial charge in [0, 0.05) is 29.6 Å². The summed E-state index contributed by atoms with van der Waals surface area (Å²) < 4.78 is 3.56. The number of nitrogens with zero attached hydrogens (tertiary/aromatic N) is 3. The van der Waals surface area contributed by atoms with E-state index in [2.05, 4.69) is 0 Å². The zero-order chi connectivity index (χ0) is 17.1. The van der Waals surface area contributed by atoms with Gasteiger partial charge in [0.1, 0.15) is 0 Å². The van der Waals surface area contributed by atoms with Crippen LogP contribution in [0.3, 0.4) is 0 Å². The fourth-order valence-corrected chi connectivity index (χ4v) is 2.85. The first-order chi connectivity index (χ1) is 12.3. The van der Waals surface area contributed by atoms with Crippen molar-refractivity contribution < 1.29 is 0 Å². The maximum absolute atomic E-state index is 12.1. The number of hydrogen-bond donors (Lipinski definition) is 0. The Morgan fingerprint density at radius 3 is 2.20 bits per heavy atom. The van der Waals surface area contributed by atoms with E-state index in [1.807, 2.05) is 77.6 Å². The summed E-state index contributed by atoms with van der Waals surface area (Å²) in [6, 6.07) is 25.2. The van der Waals surface area contributed by atoms with Gasteiger partial charge in [-0.2, -0.15) is 5.10 Å². The molecule has 2 heterocycles. The summed E-state index contributed by atoms with van der Waals surface area (Å²) in [6.07, 6.45) is 3.80. The fraction of sp³-hybridized carbons (Fsp3) is 0.0476. The highest BCUT2D eigenvalue weighted by Crippen LogP contribution is 2.24. The molecule has 0 unspecified atom stereocenters. The molecule has 0 saturated heterocycles. The molecule has 0 radical (unpaired) electrons. The zero-order valence-corrected chi connectivity index (χ0v) is 13.6. The highest BCUT2D eigenvalue weighted by molar-refractivity contribution is 5.63. The highest BCUT2D eigenvalue weighted by atomic mass is 16.1. The minimum atomic E-state index is -0.0195. The molecule has 2 aromatic heterocycles. The third kappa shape index (κ3) is 3.15. The SMILES string of the molecule is O=c1ccccn1Cc1cn(-c2ccccc2)nc1-c1ccccc1. The van der Waals surface area contributed by atoms with E-state index >= 15 is 0 Å². The zero-order valence-electron chi connectivity index (χ0n) is 13.6. The maximum atomic E-state index is 12.1. The van der Waals surface area contributed by atoms with Crippen LogP contribution in [0.25, 0.3) is 16.9 Å². The van der Waals surface area contributed by atoms with Crippen molar-refractivity contribution in [2.24, 2.45) is 0 Å². The van der Waals surface area contributed by atoms with E-state index in [-0.39, 0.29) is 5.56 Å². The second-order valence-electron chi connectivity index (χ2n) is 5.82. The number of aromatic nitrogens is 3. The summed E-state index contributed by atoms with van der Waals surface area (Å²) in [6.45, 7) is 0.483. The molecule has 25 heavy (non-hydrogen) atoms. The van der Waals surface area contributed by atoms with Crippen LogP contribution in [0.1, 0.15) is 5.56 Å². The van der Waals surface area contributed by atoms with Gasteiger partial charge in [-0.15, -0.1) is 0 Å². The van der Waals surface area contributed by atoms with Crippen molar-refractivity contribution >= 4 is 0 Å². The largest absolute Gasteiger partial charge is 0.311 e. The van der Waals surface area contributed by atoms with Gasteiger partial charge in [0.25, 0.3) is 5.56 Å².